The largest absolute Gasteiger partial charge is 0.366 e. The molecule has 3 aromatic rings. The number of Topliss-reactive ketones (excluding diaryl/α,β-unsaturated/α-hetero) is 1. The van der Waals surface area contributed by atoms with Gasteiger partial charge in [0.15, 0.2) is 5.78 Å². The summed E-state index contributed by atoms with van der Waals surface area (Å²) in [6, 6.07) is 15.3. The van der Waals surface area contributed by atoms with E-state index in [1.54, 1.807) is 0 Å². The van der Waals surface area contributed by atoms with Crippen LogP contribution in [0.2, 0.25) is 0 Å². The molecule has 1 saturated heterocycles. The van der Waals surface area contributed by atoms with Crippen LogP contribution in [0.1, 0.15) is 34.1 Å². The Bertz CT molecular complexity index is 1020. The molecule has 2 heterocycles. The van der Waals surface area contributed by atoms with Gasteiger partial charge in [-0.2, -0.15) is 0 Å². The van der Waals surface area contributed by atoms with Crippen molar-refractivity contribution in [1.82, 2.24) is 9.88 Å². The summed E-state index contributed by atoms with van der Waals surface area (Å²) in [4.78, 5) is 21.3. The molecule has 1 fully saturated rings. The number of H-pyrrole nitrogens is 1. The highest BCUT2D eigenvalue weighted by molar-refractivity contribution is 6.10. The van der Waals surface area contributed by atoms with E-state index in [9.17, 15) is 4.79 Å². The van der Waals surface area contributed by atoms with Gasteiger partial charge in [0.25, 0.3) is 0 Å². The summed E-state index contributed by atoms with van der Waals surface area (Å²) in [5.41, 5.74) is 6.64. The van der Waals surface area contributed by atoms with Crippen molar-refractivity contribution in [2.24, 2.45) is 0 Å². The minimum Gasteiger partial charge on any atom is -0.366 e. The first-order valence-electron chi connectivity index (χ1n) is 10.1. The van der Waals surface area contributed by atoms with Gasteiger partial charge in [-0.1, -0.05) is 24.3 Å². The Balaban J connectivity index is 1.47. The minimum absolute atomic E-state index is 0.212. The number of hydrogen-bond donors (Lipinski definition) is 1. The molecule has 0 aliphatic carbocycles. The van der Waals surface area contributed by atoms with Gasteiger partial charge in [-0.25, -0.2) is 0 Å². The summed E-state index contributed by atoms with van der Waals surface area (Å²) in [6.07, 6.45) is 0. The van der Waals surface area contributed by atoms with Gasteiger partial charge in [0, 0.05) is 53.5 Å². The van der Waals surface area contributed by atoms with Crippen LogP contribution in [0.15, 0.2) is 42.5 Å². The normalized spacial score (nSPS) is 18.0. The van der Waals surface area contributed by atoms with E-state index in [2.05, 4.69) is 78.0 Å². The molecule has 0 spiro atoms. The van der Waals surface area contributed by atoms with Crippen molar-refractivity contribution in [3.05, 3.63) is 64.8 Å². The number of carbonyl (C=O) groups is 1. The van der Waals surface area contributed by atoms with Gasteiger partial charge in [0.2, 0.25) is 0 Å². The number of anilines is 1. The van der Waals surface area contributed by atoms with Gasteiger partial charge in [-0.05, 0) is 57.0 Å². The van der Waals surface area contributed by atoms with E-state index in [0.717, 1.165) is 41.8 Å². The van der Waals surface area contributed by atoms with E-state index in [0.29, 0.717) is 12.6 Å². The molecule has 4 rings (SSSR count). The smallest absolute Gasteiger partial charge is 0.179 e. The van der Waals surface area contributed by atoms with Gasteiger partial charge in [0.1, 0.15) is 0 Å². The predicted octanol–water partition coefficient (Wildman–Crippen LogP) is 4.49. The van der Waals surface area contributed by atoms with Gasteiger partial charge >= 0.3 is 0 Å². The molecule has 146 valence electrons. The zero-order valence-corrected chi connectivity index (χ0v) is 17.2. The fourth-order valence-electron chi connectivity index (χ4n) is 4.45. The molecule has 1 aromatic heterocycles. The molecule has 1 N–H and O–H groups in total. The summed E-state index contributed by atoms with van der Waals surface area (Å²) in [6.45, 7) is 11.7. The van der Waals surface area contributed by atoms with Crippen LogP contribution in [0.5, 0.6) is 0 Å². The second kappa shape index (κ2) is 7.44. The monoisotopic (exact) mass is 375 g/mol. The highest BCUT2D eigenvalue weighted by atomic mass is 16.1. The molecule has 0 radical (unpaired) electrons. The first kappa shape index (κ1) is 18.8. The number of aromatic amines is 1. The number of carbonyl (C=O) groups excluding carboxylic acids is 1. The molecule has 1 atom stereocenters. The van der Waals surface area contributed by atoms with Crippen molar-refractivity contribution in [1.29, 1.82) is 0 Å². The van der Waals surface area contributed by atoms with Gasteiger partial charge in [-0.15, -0.1) is 0 Å². The van der Waals surface area contributed by atoms with Crippen molar-refractivity contribution >= 4 is 22.4 Å². The standard InChI is InChI=1S/C24H29N3O/c1-16-6-5-7-20(12-16)27-11-10-26(14-18(27)3)15-23(28)24-19(4)25-22-13-17(2)8-9-21(22)24/h5-9,12-13,18,25H,10-11,14-15H2,1-4H3. The summed E-state index contributed by atoms with van der Waals surface area (Å²) in [5.74, 6) is 0.212. The maximum Gasteiger partial charge on any atom is 0.179 e. The van der Waals surface area contributed by atoms with E-state index >= 15 is 0 Å². The number of hydrogen-bond acceptors (Lipinski definition) is 3. The molecule has 1 aliphatic rings. The fourth-order valence-corrected chi connectivity index (χ4v) is 4.45. The van der Waals surface area contributed by atoms with Crippen LogP contribution in [0, 0.1) is 20.8 Å². The molecule has 0 saturated carbocycles. The maximum atomic E-state index is 13.1. The van der Waals surface area contributed by atoms with Gasteiger partial charge in [-0.3, -0.25) is 9.69 Å². The molecule has 4 heteroatoms. The number of aromatic nitrogens is 1. The third-order valence-corrected chi connectivity index (χ3v) is 5.83. The van der Waals surface area contributed by atoms with Crippen LogP contribution in [0.25, 0.3) is 10.9 Å². The average Bonchev–Trinajstić information content (AvgIpc) is 2.96. The van der Waals surface area contributed by atoms with E-state index in [4.69, 9.17) is 0 Å². The Morgan fingerprint density at radius 3 is 2.61 bits per heavy atom. The topological polar surface area (TPSA) is 39.3 Å². The van der Waals surface area contributed by atoms with Gasteiger partial charge < -0.3 is 9.88 Å². The van der Waals surface area contributed by atoms with Crippen LogP contribution in [-0.4, -0.2) is 47.9 Å². The van der Waals surface area contributed by atoms with Crippen molar-refractivity contribution in [3.8, 4) is 0 Å². The fraction of sp³-hybridized carbons (Fsp3) is 0.375. The first-order valence-corrected chi connectivity index (χ1v) is 10.1. The third-order valence-electron chi connectivity index (χ3n) is 5.83. The molecule has 1 aliphatic heterocycles. The molecule has 2 aromatic carbocycles. The van der Waals surface area contributed by atoms with Gasteiger partial charge in [0.05, 0.1) is 6.54 Å². The first-order chi connectivity index (χ1) is 13.4. The maximum absolute atomic E-state index is 13.1. The van der Waals surface area contributed by atoms with Crippen molar-refractivity contribution in [2.75, 3.05) is 31.1 Å². The molecule has 1 unspecified atom stereocenters. The lowest BCUT2D eigenvalue weighted by Crippen LogP contribution is -2.53. The van der Waals surface area contributed by atoms with Crippen molar-refractivity contribution in [2.45, 2.75) is 33.7 Å². The van der Waals surface area contributed by atoms with Crippen molar-refractivity contribution < 1.29 is 4.79 Å². The summed E-state index contributed by atoms with van der Waals surface area (Å²) in [7, 11) is 0. The minimum atomic E-state index is 0.212. The lowest BCUT2D eigenvalue weighted by Gasteiger charge is -2.41. The molecule has 0 amide bonds. The molecule has 4 nitrogen and oxygen atoms in total. The lowest BCUT2D eigenvalue weighted by molar-refractivity contribution is 0.0918. The van der Waals surface area contributed by atoms with Crippen LogP contribution >= 0.6 is 0 Å². The summed E-state index contributed by atoms with van der Waals surface area (Å²) in [5, 5.41) is 1.04. The van der Waals surface area contributed by atoms with Crippen LogP contribution < -0.4 is 4.90 Å². The highest BCUT2D eigenvalue weighted by Crippen LogP contribution is 2.25. The van der Waals surface area contributed by atoms with Crippen molar-refractivity contribution in [3.63, 3.8) is 0 Å². The number of nitrogens with one attached hydrogen (secondary N) is 1. The summed E-state index contributed by atoms with van der Waals surface area (Å²) < 4.78 is 0. The zero-order chi connectivity index (χ0) is 19.8. The Kier molecular flexibility index (Phi) is 4.98. The second-order valence-electron chi connectivity index (χ2n) is 8.21. The van der Waals surface area contributed by atoms with Crippen LogP contribution in [-0.2, 0) is 0 Å². The Morgan fingerprint density at radius 2 is 1.86 bits per heavy atom. The number of fused-ring (bicyclic) bond motifs is 1. The number of piperazine rings is 1. The second-order valence-corrected chi connectivity index (χ2v) is 8.21. The number of nitrogens with zero attached hydrogens (tertiary/aromatic N) is 2. The SMILES string of the molecule is Cc1cccc(N2CCN(CC(=O)c3c(C)[nH]c4cc(C)ccc34)CC2C)c1. The molecular formula is C24H29N3O. The highest BCUT2D eigenvalue weighted by Gasteiger charge is 2.26. The average molecular weight is 376 g/mol. The van der Waals surface area contributed by atoms with E-state index in [1.807, 2.05) is 6.92 Å². The number of benzene rings is 2. The molecule has 0 bridgehead atoms. The molecular weight excluding hydrogens is 346 g/mol. The van der Waals surface area contributed by atoms with Crippen LogP contribution in [0.3, 0.4) is 0 Å². The molecule has 28 heavy (non-hydrogen) atoms. The third kappa shape index (κ3) is 3.57. The van der Waals surface area contributed by atoms with E-state index in [1.165, 1.54) is 16.8 Å². The lowest BCUT2D eigenvalue weighted by atomic mass is 10.0. The Morgan fingerprint density at radius 1 is 1.07 bits per heavy atom. The summed E-state index contributed by atoms with van der Waals surface area (Å²) >= 11 is 0. The zero-order valence-electron chi connectivity index (χ0n) is 17.2. The Hall–Kier alpha value is -2.59. The quantitative estimate of drug-likeness (QED) is 0.683. The van der Waals surface area contributed by atoms with E-state index in [-0.39, 0.29) is 5.78 Å². The number of ketones is 1. The predicted molar refractivity (Wildman–Crippen MR) is 117 cm³/mol. The van der Waals surface area contributed by atoms with E-state index < -0.39 is 0 Å². The number of aryl methyl sites for hydroxylation is 3. The Labute approximate surface area is 167 Å². The van der Waals surface area contributed by atoms with Crippen LogP contribution in [0.4, 0.5) is 5.69 Å². The number of rotatable bonds is 4.